The molecule has 1 fully saturated rings. The van der Waals surface area contributed by atoms with E-state index in [0.29, 0.717) is 29.6 Å². The summed E-state index contributed by atoms with van der Waals surface area (Å²) in [4.78, 5) is 23.6. The third-order valence-electron chi connectivity index (χ3n) is 5.13. The summed E-state index contributed by atoms with van der Waals surface area (Å²) >= 11 is 1.47. The number of carbonyl (C=O) groups excluding carboxylic acids is 1. The number of benzene rings is 1. The summed E-state index contributed by atoms with van der Waals surface area (Å²) in [5.74, 6) is 1.92. The van der Waals surface area contributed by atoms with E-state index in [9.17, 15) is 4.79 Å². The minimum Gasteiger partial charge on any atom is -0.497 e. The van der Waals surface area contributed by atoms with Crippen molar-refractivity contribution in [3.05, 3.63) is 47.4 Å². The molecule has 1 aromatic carbocycles. The zero-order valence-electron chi connectivity index (χ0n) is 17.1. The fourth-order valence-electron chi connectivity index (χ4n) is 3.50. The third kappa shape index (κ3) is 5.46. The molecule has 1 amide bonds. The van der Waals surface area contributed by atoms with Crippen molar-refractivity contribution in [1.82, 2.24) is 14.9 Å². The van der Waals surface area contributed by atoms with Crippen molar-refractivity contribution in [1.29, 1.82) is 0 Å². The molecule has 0 atom stereocenters. The fraction of sp³-hybridized carbons (Fsp3) is 0.409. The highest BCUT2D eigenvalue weighted by molar-refractivity contribution is 7.13. The van der Waals surface area contributed by atoms with Gasteiger partial charge in [-0.2, -0.15) is 0 Å². The molecular weight excluding hydrogens is 400 g/mol. The number of aryl methyl sites for hydroxylation is 1. The van der Waals surface area contributed by atoms with E-state index in [1.807, 2.05) is 29.6 Å². The molecule has 8 heteroatoms. The van der Waals surface area contributed by atoms with Crippen LogP contribution in [0.1, 0.15) is 37.3 Å². The van der Waals surface area contributed by atoms with Gasteiger partial charge in [-0.05, 0) is 50.2 Å². The lowest BCUT2D eigenvalue weighted by Crippen LogP contribution is -2.29. The van der Waals surface area contributed by atoms with Crippen LogP contribution in [-0.2, 0) is 17.8 Å². The van der Waals surface area contributed by atoms with E-state index in [4.69, 9.17) is 9.15 Å². The number of nitrogens with one attached hydrogen (secondary N) is 1. The Balaban J connectivity index is 1.25. The van der Waals surface area contributed by atoms with Gasteiger partial charge in [-0.25, -0.2) is 9.97 Å². The lowest BCUT2D eigenvalue weighted by Gasteiger charge is -2.25. The van der Waals surface area contributed by atoms with E-state index < -0.39 is 0 Å². The maximum Gasteiger partial charge on any atom is 0.226 e. The van der Waals surface area contributed by atoms with E-state index in [2.05, 4.69) is 20.2 Å². The van der Waals surface area contributed by atoms with Crippen molar-refractivity contribution in [2.75, 3.05) is 25.5 Å². The number of amides is 1. The van der Waals surface area contributed by atoms with Gasteiger partial charge in [0, 0.05) is 30.3 Å². The van der Waals surface area contributed by atoms with Gasteiger partial charge in [0.2, 0.25) is 5.91 Å². The molecule has 2 aromatic heterocycles. The van der Waals surface area contributed by atoms with Gasteiger partial charge >= 0.3 is 0 Å². The van der Waals surface area contributed by atoms with Crippen LogP contribution in [0.15, 0.2) is 40.3 Å². The Kier molecular flexibility index (Phi) is 6.76. The van der Waals surface area contributed by atoms with Crippen LogP contribution >= 0.6 is 11.3 Å². The summed E-state index contributed by atoms with van der Waals surface area (Å²) < 4.78 is 10.9. The van der Waals surface area contributed by atoms with Crippen molar-refractivity contribution in [3.8, 4) is 17.1 Å². The Labute approximate surface area is 180 Å². The highest BCUT2D eigenvalue weighted by Gasteiger charge is 2.14. The zero-order chi connectivity index (χ0) is 20.8. The Morgan fingerprint density at radius 1 is 1.23 bits per heavy atom. The summed E-state index contributed by atoms with van der Waals surface area (Å²) in [7, 11) is 1.63. The van der Waals surface area contributed by atoms with Crippen LogP contribution in [0.25, 0.3) is 11.3 Å². The molecule has 3 aromatic rings. The maximum absolute atomic E-state index is 12.3. The molecule has 0 aliphatic carbocycles. The quantitative estimate of drug-likeness (QED) is 0.576. The van der Waals surface area contributed by atoms with Crippen LogP contribution in [0.2, 0.25) is 0 Å². The van der Waals surface area contributed by atoms with Gasteiger partial charge in [0.1, 0.15) is 5.75 Å². The van der Waals surface area contributed by atoms with Crippen molar-refractivity contribution in [2.24, 2.45) is 0 Å². The number of aromatic nitrogens is 2. The smallest absolute Gasteiger partial charge is 0.226 e. The molecule has 158 valence electrons. The summed E-state index contributed by atoms with van der Waals surface area (Å²) in [6, 6.07) is 7.58. The van der Waals surface area contributed by atoms with Crippen LogP contribution in [0.5, 0.6) is 5.75 Å². The number of rotatable bonds is 8. The molecule has 1 saturated heterocycles. The summed E-state index contributed by atoms with van der Waals surface area (Å²) in [5.41, 5.74) is 1.94. The SMILES string of the molecule is COc1ccc(-c2cnc(CCC(=O)Nc3nc(CN4CCCCC4)cs3)o2)cc1. The number of ether oxygens (including phenoxy) is 1. The number of piperidine rings is 1. The van der Waals surface area contributed by atoms with Gasteiger partial charge < -0.3 is 14.5 Å². The second-order valence-electron chi connectivity index (χ2n) is 7.38. The Morgan fingerprint density at radius 3 is 2.80 bits per heavy atom. The number of methoxy groups -OCH3 is 1. The predicted molar refractivity (Wildman–Crippen MR) is 117 cm³/mol. The molecule has 4 rings (SSSR count). The summed E-state index contributed by atoms with van der Waals surface area (Å²) in [6.07, 6.45) is 6.25. The summed E-state index contributed by atoms with van der Waals surface area (Å²) in [6.45, 7) is 3.12. The van der Waals surface area contributed by atoms with Crippen LogP contribution in [0, 0.1) is 0 Å². The first-order chi connectivity index (χ1) is 14.7. The Hall–Kier alpha value is -2.71. The number of carbonyl (C=O) groups is 1. The maximum atomic E-state index is 12.3. The van der Waals surface area contributed by atoms with Gasteiger partial charge in [0.05, 0.1) is 19.0 Å². The van der Waals surface area contributed by atoms with Gasteiger partial charge in [0.25, 0.3) is 0 Å². The minimum atomic E-state index is -0.0851. The van der Waals surface area contributed by atoms with Crippen LogP contribution in [0.4, 0.5) is 5.13 Å². The van der Waals surface area contributed by atoms with Crippen LogP contribution < -0.4 is 10.1 Å². The largest absolute Gasteiger partial charge is 0.497 e. The first kappa shape index (κ1) is 20.6. The number of nitrogens with zero attached hydrogens (tertiary/aromatic N) is 3. The van der Waals surface area contributed by atoms with E-state index >= 15 is 0 Å². The normalized spacial score (nSPS) is 14.6. The summed E-state index contributed by atoms with van der Waals surface area (Å²) in [5, 5.41) is 5.57. The van der Waals surface area contributed by atoms with E-state index in [1.165, 1.54) is 30.6 Å². The Morgan fingerprint density at radius 2 is 2.03 bits per heavy atom. The van der Waals surface area contributed by atoms with Crippen LogP contribution in [0.3, 0.4) is 0 Å². The van der Waals surface area contributed by atoms with Crippen LogP contribution in [-0.4, -0.2) is 41.0 Å². The highest BCUT2D eigenvalue weighted by atomic mass is 32.1. The lowest BCUT2D eigenvalue weighted by atomic mass is 10.1. The van der Waals surface area contributed by atoms with E-state index in [-0.39, 0.29) is 5.91 Å². The first-order valence-electron chi connectivity index (χ1n) is 10.3. The van der Waals surface area contributed by atoms with E-state index in [0.717, 1.165) is 36.6 Å². The zero-order valence-corrected chi connectivity index (χ0v) is 17.9. The highest BCUT2D eigenvalue weighted by Crippen LogP contribution is 2.24. The van der Waals surface area contributed by atoms with E-state index in [1.54, 1.807) is 13.3 Å². The molecule has 0 radical (unpaired) electrons. The molecule has 1 N–H and O–H groups in total. The monoisotopic (exact) mass is 426 g/mol. The number of hydrogen-bond donors (Lipinski definition) is 1. The first-order valence-corrected chi connectivity index (χ1v) is 11.1. The second-order valence-corrected chi connectivity index (χ2v) is 8.23. The molecule has 7 nitrogen and oxygen atoms in total. The third-order valence-corrected chi connectivity index (χ3v) is 5.93. The number of likely N-dealkylation sites (tertiary alicyclic amines) is 1. The average molecular weight is 427 g/mol. The second kappa shape index (κ2) is 9.86. The molecule has 1 aliphatic heterocycles. The van der Waals surface area contributed by atoms with Crippen molar-refractivity contribution in [2.45, 2.75) is 38.6 Å². The van der Waals surface area contributed by atoms with Gasteiger partial charge in [-0.1, -0.05) is 6.42 Å². The van der Waals surface area contributed by atoms with Gasteiger partial charge in [-0.3, -0.25) is 9.69 Å². The number of thiazole rings is 1. The predicted octanol–water partition coefficient (Wildman–Crippen LogP) is 4.36. The topological polar surface area (TPSA) is 80.5 Å². The van der Waals surface area contributed by atoms with Crippen molar-refractivity contribution in [3.63, 3.8) is 0 Å². The molecule has 3 heterocycles. The Bertz CT molecular complexity index is 961. The molecule has 0 spiro atoms. The molecule has 30 heavy (non-hydrogen) atoms. The van der Waals surface area contributed by atoms with Gasteiger partial charge in [0.15, 0.2) is 16.8 Å². The molecular formula is C22H26N4O3S. The number of hydrogen-bond acceptors (Lipinski definition) is 7. The van der Waals surface area contributed by atoms with Crippen molar-refractivity contribution < 1.29 is 13.9 Å². The number of oxazole rings is 1. The minimum absolute atomic E-state index is 0.0851. The lowest BCUT2D eigenvalue weighted by molar-refractivity contribution is -0.116. The molecule has 0 unspecified atom stereocenters. The molecule has 1 aliphatic rings. The standard InChI is InChI=1S/C22H26N4O3S/c1-28-18-7-5-16(6-8-18)19-13-23-21(29-19)10-9-20(27)25-22-24-17(15-30-22)14-26-11-3-2-4-12-26/h5-8,13,15H,2-4,9-12,14H2,1H3,(H,24,25,27). The average Bonchev–Trinajstić information content (AvgIpc) is 3.43. The molecule has 0 bridgehead atoms. The fourth-order valence-corrected chi connectivity index (χ4v) is 4.22. The van der Waals surface area contributed by atoms with Crippen molar-refractivity contribution >= 4 is 22.4 Å². The van der Waals surface area contributed by atoms with Gasteiger partial charge in [-0.15, -0.1) is 11.3 Å². The molecule has 0 saturated carbocycles. The number of anilines is 1.